The van der Waals surface area contributed by atoms with E-state index in [-0.39, 0.29) is 5.91 Å². The molecule has 5 heteroatoms. The van der Waals surface area contributed by atoms with E-state index in [0.717, 1.165) is 22.2 Å². The van der Waals surface area contributed by atoms with E-state index in [1.807, 2.05) is 42.5 Å². The first kappa shape index (κ1) is 14.6. The van der Waals surface area contributed by atoms with Gasteiger partial charge in [0.2, 0.25) is 5.91 Å². The maximum absolute atomic E-state index is 12.0. The molecule has 3 rings (SSSR count). The Hall–Kier alpha value is -2.33. The number of amides is 1. The van der Waals surface area contributed by atoms with Crippen molar-refractivity contribution in [1.82, 2.24) is 10.3 Å². The van der Waals surface area contributed by atoms with Gasteiger partial charge in [0.15, 0.2) is 11.5 Å². The molecule has 0 fully saturated rings. The normalized spacial score (nSPS) is 10.8. The molecular weight excluding hydrogens is 300 g/mol. The van der Waals surface area contributed by atoms with Crippen LogP contribution in [0.5, 0.6) is 0 Å². The van der Waals surface area contributed by atoms with Crippen molar-refractivity contribution in [3.8, 4) is 0 Å². The lowest BCUT2D eigenvalue weighted by molar-refractivity contribution is -0.120. The summed E-state index contributed by atoms with van der Waals surface area (Å²) in [5.41, 5.74) is 3.31. The van der Waals surface area contributed by atoms with E-state index >= 15 is 0 Å². The van der Waals surface area contributed by atoms with E-state index in [1.54, 1.807) is 6.92 Å². The number of rotatable bonds is 4. The molecule has 22 heavy (non-hydrogen) atoms. The van der Waals surface area contributed by atoms with E-state index < -0.39 is 0 Å². The SMILES string of the molecule is Cc1nc2cc(CC(=O)NCc3ccccc3Cl)ccc2o1. The first-order valence-corrected chi connectivity index (χ1v) is 7.36. The van der Waals surface area contributed by atoms with Crippen LogP contribution in [0.3, 0.4) is 0 Å². The van der Waals surface area contributed by atoms with Gasteiger partial charge < -0.3 is 9.73 Å². The van der Waals surface area contributed by atoms with Gasteiger partial charge in [-0.05, 0) is 29.3 Å². The van der Waals surface area contributed by atoms with Crippen LogP contribution < -0.4 is 5.32 Å². The molecular formula is C17H15ClN2O2. The minimum absolute atomic E-state index is 0.0560. The molecule has 0 aliphatic heterocycles. The monoisotopic (exact) mass is 314 g/mol. The summed E-state index contributed by atoms with van der Waals surface area (Å²) in [5.74, 6) is 0.565. The Labute approximate surface area is 133 Å². The Balaban J connectivity index is 1.64. The molecule has 4 nitrogen and oxygen atoms in total. The molecule has 112 valence electrons. The standard InChI is InChI=1S/C17H15ClN2O2/c1-11-20-15-8-12(6-7-16(15)22-11)9-17(21)19-10-13-4-2-3-5-14(13)18/h2-8H,9-10H2,1H3,(H,19,21). The number of benzene rings is 2. The number of carbonyl (C=O) groups is 1. The van der Waals surface area contributed by atoms with E-state index in [4.69, 9.17) is 16.0 Å². The fourth-order valence-corrected chi connectivity index (χ4v) is 2.48. The highest BCUT2D eigenvalue weighted by Crippen LogP contribution is 2.17. The molecule has 0 bridgehead atoms. The van der Waals surface area contributed by atoms with Crippen LogP contribution in [0.15, 0.2) is 46.9 Å². The number of fused-ring (bicyclic) bond motifs is 1. The van der Waals surface area contributed by atoms with E-state index in [2.05, 4.69) is 10.3 Å². The van der Waals surface area contributed by atoms with E-state index in [9.17, 15) is 4.79 Å². The number of aromatic nitrogens is 1. The zero-order chi connectivity index (χ0) is 15.5. The van der Waals surface area contributed by atoms with Crippen molar-refractivity contribution in [2.45, 2.75) is 19.9 Å². The lowest BCUT2D eigenvalue weighted by Gasteiger charge is -2.07. The minimum atomic E-state index is -0.0560. The topological polar surface area (TPSA) is 55.1 Å². The number of hydrogen-bond acceptors (Lipinski definition) is 3. The fraction of sp³-hybridized carbons (Fsp3) is 0.176. The fourth-order valence-electron chi connectivity index (χ4n) is 2.28. The van der Waals surface area contributed by atoms with Crippen LogP contribution >= 0.6 is 11.6 Å². The summed E-state index contributed by atoms with van der Waals surface area (Å²) >= 11 is 6.07. The van der Waals surface area contributed by atoms with Gasteiger partial charge in [-0.25, -0.2) is 4.98 Å². The summed E-state index contributed by atoms with van der Waals surface area (Å²) in [6.07, 6.45) is 0.298. The van der Waals surface area contributed by atoms with Crippen LogP contribution in [-0.4, -0.2) is 10.9 Å². The second-order valence-corrected chi connectivity index (χ2v) is 5.49. The zero-order valence-corrected chi connectivity index (χ0v) is 12.9. The lowest BCUT2D eigenvalue weighted by atomic mass is 10.1. The van der Waals surface area contributed by atoms with Crippen molar-refractivity contribution in [3.05, 3.63) is 64.5 Å². The molecule has 0 unspecified atom stereocenters. The van der Waals surface area contributed by atoms with Crippen molar-refractivity contribution in [1.29, 1.82) is 0 Å². The number of oxazole rings is 1. The van der Waals surface area contributed by atoms with Gasteiger partial charge in [-0.3, -0.25) is 4.79 Å². The molecule has 2 aromatic carbocycles. The highest BCUT2D eigenvalue weighted by atomic mass is 35.5. The highest BCUT2D eigenvalue weighted by molar-refractivity contribution is 6.31. The second-order valence-electron chi connectivity index (χ2n) is 5.08. The number of carbonyl (C=O) groups excluding carboxylic acids is 1. The van der Waals surface area contributed by atoms with Gasteiger partial charge in [-0.2, -0.15) is 0 Å². The Morgan fingerprint density at radius 1 is 1.27 bits per heavy atom. The summed E-state index contributed by atoms with van der Waals surface area (Å²) in [4.78, 5) is 16.3. The van der Waals surface area contributed by atoms with Gasteiger partial charge in [0, 0.05) is 18.5 Å². The smallest absolute Gasteiger partial charge is 0.224 e. The van der Waals surface area contributed by atoms with Gasteiger partial charge in [0.05, 0.1) is 6.42 Å². The summed E-state index contributed by atoms with van der Waals surface area (Å²) in [7, 11) is 0. The second kappa shape index (κ2) is 6.20. The van der Waals surface area contributed by atoms with Gasteiger partial charge in [-0.1, -0.05) is 35.9 Å². The van der Waals surface area contributed by atoms with Gasteiger partial charge in [0.25, 0.3) is 0 Å². The highest BCUT2D eigenvalue weighted by Gasteiger charge is 2.08. The summed E-state index contributed by atoms with van der Waals surface area (Å²) < 4.78 is 5.42. The zero-order valence-electron chi connectivity index (χ0n) is 12.1. The van der Waals surface area contributed by atoms with Crippen LogP contribution in [0.2, 0.25) is 5.02 Å². The van der Waals surface area contributed by atoms with Crippen molar-refractivity contribution in [3.63, 3.8) is 0 Å². The molecule has 0 spiro atoms. The molecule has 0 saturated heterocycles. The molecule has 1 N–H and O–H groups in total. The largest absolute Gasteiger partial charge is 0.441 e. The Morgan fingerprint density at radius 2 is 2.09 bits per heavy atom. The first-order chi connectivity index (χ1) is 10.6. The van der Waals surface area contributed by atoms with Crippen LogP contribution in [-0.2, 0) is 17.8 Å². The average molecular weight is 315 g/mol. The third-order valence-corrected chi connectivity index (χ3v) is 3.73. The Kier molecular flexibility index (Phi) is 4.11. The van der Waals surface area contributed by atoms with Gasteiger partial charge >= 0.3 is 0 Å². The van der Waals surface area contributed by atoms with E-state index in [0.29, 0.717) is 23.9 Å². The van der Waals surface area contributed by atoms with Crippen molar-refractivity contribution in [2.75, 3.05) is 0 Å². The molecule has 1 heterocycles. The Bertz CT molecular complexity index is 826. The molecule has 0 radical (unpaired) electrons. The number of hydrogen-bond donors (Lipinski definition) is 1. The summed E-state index contributed by atoms with van der Waals surface area (Å²) in [6, 6.07) is 13.1. The predicted octanol–water partition coefficient (Wildman–Crippen LogP) is 3.65. The third kappa shape index (κ3) is 3.28. The molecule has 0 atom stereocenters. The van der Waals surface area contributed by atoms with Crippen LogP contribution in [0.25, 0.3) is 11.1 Å². The Morgan fingerprint density at radius 3 is 2.91 bits per heavy atom. The maximum Gasteiger partial charge on any atom is 0.224 e. The average Bonchev–Trinajstić information content (AvgIpc) is 2.86. The summed E-state index contributed by atoms with van der Waals surface area (Å²) in [5, 5.41) is 3.53. The number of nitrogens with zero attached hydrogens (tertiary/aromatic N) is 1. The first-order valence-electron chi connectivity index (χ1n) is 6.98. The predicted molar refractivity (Wildman–Crippen MR) is 85.7 cm³/mol. The summed E-state index contributed by atoms with van der Waals surface area (Å²) in [6.45, 7) is 2.22. The number of aryl methyl sites for hydroxylation is 1. The molecule has 3 aromatic rings. The van der Waals surface area contributed by atoms with Gasteiger partial charge in [-0.15, -0.1) is 0 Å². The van der Waals surface area contributed by atoms with Crippen molar-refractivity contribution in [2.24, 2.45) is 0 Å². The maximum atomic E-state index is 12.0. The number of nitrogens with one attached hydrogen (secondary N) is 1. The van der Waals surface area contributed by atoms with Crippen molar-refractivity contribution < 1.29 is 9.21 Å². The molecule has 1 amide bonds. The lowest BCUT2D eigenvalue weighted by Crippen LogP contribution is -2.24. The van der Waals surface area contributed by atoms with E-state index in [1.165, 1.54) is 0 Å². The van der Waals surface area contributed by atoms with Crippen LogP contribution in [0.1, 0.15) is 17.0 Å². The number of halogens is 1. The molecule has 1 aromatic heterocycles. The molecule has 0 aliphatic rings. The quantitative estimate of drug-likeness (QED) is 0.799. The molecule has 0 aliphatic carbocycles. The van der Waals surface area contributed by atoms with Gasteiger partial charge in [0.1, 0.15) is 5.52 Å². The molecule has 0 saturated carbocycles. The van der Waals surface area contributed by atoms with Crippen LogP contribution in [0, 0.1) is 6.92 Å². The van der Waals surface area contributed by atoms with Crippen molar-refractivity contribution >= 4 is 28.6 Å². The van der Waals surface area contributed by atoms with Crippen LogP contribution in [0.4, 0.5) is 0 Å². The minimum Gasteiger partial charge on any atom is -0.441 e. The third-order valence-electron chi connectivity index (χ3n) is 3.36.